The Morgan fingerprint density at radius 2 is 2.00 bits per heavy atom. The van der Waals surface area contributed by atoms with Gasteiger partial charge in [0.05, 0.1) is 0 Å². The first-order chi connectivity index (χ1) is 8.83. The number of hydrogen-bond donors (Lipinski definition) is 1. The smallest absolute Gasteiger partial charge is 0.328 e. The lowest BCUT2D eigenvalue weighted by atomic mass is 10.1. The van der Waals surface area contributed by atoms with Gasteiger partial charge in [0.25, 0.3) is 0 Å². The van der Waals surface area contributed by atoms with Gasteiger partial charge in [0.15, 0.2) is 0 Å². The minimum absolute atomic E-state index is 0.266. The van der Waals surface area contributed by atoms with E-state index in [1.165, 1.54) is 0 Å². The molecule has 106 valence electrons. The zero-order valence-corrected chi connectivity index (χ0v) is 13.0. The van der Waals surface area contributed by atoms with Gasteiger partial charge in [0.2, 0.25) is 3.79 Å². The first kappa shape index (κ1) is 16.4. The number of carbonyl (C=O) groups excluding carboxylic acids is 1. The SMILES string of the molecule is CCc1ccccc1N[C@@H](C)C(=O)OCC(Cl)(Cl)Cl. The van der Waals surface area contributed by atoms with Crippen LogP contribution in [-0.2, 0) is 16.0 Å². The summed E-state index contributed by atoms with van der Waals surface area (Å²) < 4.78 is 3.33. The molecule has 0 spiro atoms. The predicted octanol–water partition coefficient (Wildman–Crippen LogP) is 3.96. The molecule has 0 aliphatic rings. The Bertz CT molecular complexity index is 432. The fraction of sp³-hybridized carbons (Fsp3) is 0.462. The fourth-order valence-corrected chi connectivity index (χ4v) is 1.70. The summed E-state index contributed by atoms with van der Waals surface area (Å²) in [5.74, 6) is -0.461. The topological polar surface area (TPSA) is 38.3 Å². The van der Waals surface area contributed by atoms with Crippen LogP contribution in [0.2, 0.25) is 0 Å². The van der Waals surface area contributed by atoms with Crippen molar-refractivity contribution in [3.05, 3.63) is 29.8 Å². The highest BCUT2D eigenvalue weighted by Gasteiger charge is 2.24. The predicted molar refractivity (Wildman–Crippen MR) is 80.2 cm³/mol. The Morgan fingerprint density at radius 1 is 1.37 bits per heavy atom. The molecule has 0 bridgehead atoms. The molecular weight excluding hydrogens is 309 g/mol. The number of benzene rings is 1. The molecule has 6 heteroatoms. The first-order valence-corrected chi connectivity index (χ1v) is 7.04. The van der Waals surface area contributed by atoms with E-state index in [1.807, 2.05) is 31.2 Å². The van der Waals surface area contributed by atoms with E-state index >= 15 is 0 Å². The molecule has 1 aromatic carbocycles. The van der Waals surface area contributed by atoms with E-state index in [0.717, 1.165) is 17.7 Å². The second-order valence-electron chi connectivity index (χ2n) is 4.10. The number of alkyl halides is 3. The van der Waals surface area contributed by atoms with Crippen LogP contribution in [0.25, 0.3) is 0 Å². The number of esters is 1. The molecule has 0 saturated heterocycles. The maximum atomic E-state index is 11.7. The van der Waals surface area contributed by atoms with E-state index in [-0.39, 0.29) is 6.61 Å². The molecule has 0 unspecified atom stereocenters. The molecule has 3 nitrogen and oxygen atoms in total. The van der Waals surface area contributed by atoms with Crippen LogP contribution in [0.4, 0.5) is 5.69 Å². The normalized spacial score (nSPS) is 12.9. The van der Waals surface area contributed by atoms with E-state index in [4.69, 9.17) is 39.5 Å². The van der Waals surface area contributed by atoms with Gasteiger partial charge in [-0.25, -0.2) is 4.79 Å². The molecule has 0 heterocycles. The molecule has 0 aromatic heterocycles. The van der Waals surface area contributed by atoms with Gasteiger partial charge in [-0.3, -0.25) is 0 Å². The van der Waals surface area contributed by atoms with Crippen molar-refractivity contribution < 1.29 is 9.53 Å². The second-order valence-corrected chi connectivity index (χ2v) is 6.62. The number of carbonyl (C=O) groups is 1. The van der Waals surface area contributed by atoms with Crippen molar-refractivity contribution >= 4 is 46.5 Å². The van der Waals surface area contributed by atoms with Crippen LogP contribution in [0.15, 0.2) is 24.3 Å². The third-order valence-electron chi connectivity index (χ3n) is 2.50. The van der Waals surface area contributed by atoms with Gasteiger partial charge in [-0.05, 0) is 25.0 Å². The number of ether oxygens (including phenoxy) is 1. The lowest BCUT2D eigenvalue weighted by molar-refractivity contribution is -0.144. The third kappa shape index (κ3) is 5.89. The van der Waals surface area contributed by atoms with Crippen molar-refractivity contribution in [2.45, 2.75) is 30.1 Å². The van der Waals surface area contributed by atoms with Crippen molar-refractivity contribution in [2.75, 3.05) is 11.9 Å². The molecule has 0 aliphatic heterocycles. The molecule has 1 atom stereocenters. The van der Waals surface area contributed by atoms with Crippen molar-refractivity contribution in [1.29, 1.82) is 0 Å². The number of halogens is 3. The van der Waals surface area contributed by atoms with E-state index in [0.29, 0.717) is 0 Å². The quantitative estimate of drug-likeness (QED) is 0.658. The summed E-state index contributed by atoms with van der Waals surface area (Å²) in [4.78, 5) is 11.7. The van der Waals surface area contributed by atoms with Crippen molar-refractivity contribution in [3.63, 3.8) is 0 Å². The van der Waals surface area contributed by atoms with Gasteiger partial charge in [-0.2, -0.15) is 0 Å². The Labute approximate surface area is 128 Å². The third-order valence-corrected chi connectivity index (χ3v) is 2.83. The largest absolute Gasteiger partial charge is 0.460 e. The molecule has 19 heavy (non-hydrogen) atoms. The molecular formula is C13H16Cl3NO2. The van der Waals surface area contributed by atoms with E-state index < -0.39 is 15.8 Å². The maximum Gasteiger partial charge on any atom is 0.328 e. The highest BCUT2D eigenvalue weighted by molar-refractivity contribution is 6.67. The maximum absolute atomic E-state index is 11.7. The molecule has 0 saturated carbocycles. The highest BCUT2D eigenvalue weighted by Crippen LogP contribution is 2.26. The zero-order chi connectivity index (χ0) is 14.5. The number of aryl methyl sites for hydroxylation is 1. The van der Waals surface area contributed by atoms with Gasteiger partial charge < -0.3 is 10.1 Å². The average molecular weight is 325 g/mol. The van der Waals surface area contributed by atoms with E-state index in [9.17, 15) is 4.79 Å². The van der Waals surface area contributed by atoms with Crippen LogP contribution in [0.5, 0.6) is 0 Å². The summed E-state index contributed by atoms with van der Waals surface area (Å²) >= 11 is 16.6. The van der Waals surface area contributed by atoms with Crippen LogP contribution < -0.4 is 5.32 Å². The number of hydrogen-bond acceptors (Lipinski definition) is 3. The van der Waals surface area contributed by atoms with Gasteiger partial charge in [0, 0.05) is 5.69 Å². The summed E-state index contributed by atoms with van der Waals surface area (Å²) in [7, 11) is 0. The highest BCUT2D eigenvalue weighted by atomic mass is 35.6. The zero-order valence-electron chi connectivity index (χ0n) is 10.8. The molecule has 0 aliphatic carbocycles. The minimum Gasteiger partial charge on any atom is -0.460 e. The summed E-state index contributed by atoms with van der Waals surface area (Å²) in [5.41, 5.74) is 2.03. The van der Waals surface area contributed by atoms with Crippen LogP contribution in [-0.4, -0.2) is 22.4 Å². The molecule has 1 aromatic rings. The first-order valence-electron chi connectivity index (χ1n) is 5.91. The van der Waals surface area contributed by atoms with Gasteiger partial charge >= 0.3 is 5.97 Å². The summed E-state index contributed by atoms with van der Waals surface area (Å²) in [6, 6.07) is 7.26. The lowest BCUT2D eigenvalue weighted by Crippen LogP contribution is -2.31. The Hall–Kier alpha value is -0.640. The van der Waals surface area contributed by atoms with E-state index in [2.05, 4.69) is 5.32 Å². The van der Waals surface area contributed by atoms with Crippen molar-refractivity contribution in [1.82, 2.24) is 0 Å². The van der Waals surface area contributed by atoms with Crippen LogP contribution in [0.1, 0.15) is 19.4 Å². The number of nitrogens with one attached hydrogen (secondary N) is 1. The average Bonchev–Trinajstić information content (AvgIpc) is 2.35. The van der Waals surface area contributed by atoms with Crippen LogP contribution in [0.3, 0.4) is 0 Å². The number of para-hydroxylation sites is 1. The monoisotopic (exact) mass is 323 g/mol. The van der Waals surface area contributed by atoms with Crippen LogP contribution in [0, 0.1) is 0 Å². The molecule has 1 N–H and O–H groups in total. The van der Waals surface area contributed by atoms with E-state index in [1.54, 1.807) is 6.92 Å². The standard InChI is InChI=1S/C13H16Cl3NO2/c1-3-10-6-4-5-7-11(10)17-9(2)12(18)19-8-13(14,15)16/h4-7,9,17H,3,8H2,1-2H3/t9-/m0/s1. The molecule has 0 fully saturated rings. The fourth-order valence-electron chi connectivity index (χ4n) is 1.54. The summed E-state index contributed by atoms with van der Waals surface area (Å²) in [6.07, 6.45) is 0.874. The molecule has 1 rings (SSSR count). The molecule has 0 amide bonds. The number of anilines is 1. The van der Waals surface area contributed by atoms with Gasteiger partial charge in [-0.1, -0.05) is 59.9 Å². The molecule has 0 radical (unpaired) electrons. The Balaban J connectivity index is 2.59. The summed E-state index contributed by atoms with van der Waals surface area (Å²) in [5, 5.41) is 3.09. The van der Waals surface area contributed by atoms with Gasteiger partial charge in [0.1, 0.15) is 12.6 Å². The van der Waals surface area contributed by atoms with Crippen molar-refractivity contribution in [3.8, 4) is 0 Å². The lowest BCUT2D eigenvalue weighted by Gasteiger charge is -2.18. The Morgan fingerprint density at radius 3 is 2.58 bits per heavy atom. The minimum atomic E-state index is -1.59. The summed E-state index contributed by atoms with van der Waals surface area (Å²) in [6.45, 7) is 3.48. The van der Waals surface area contributed by atoms with Crippen LogP contribution >= 0.6 is 34.8 Å². The second kappa shape index (κ2) is 7.22. The van der Waals surface area contributed by atoms with Gasteiger partial charge in [-0.15, -0.1) is 0 Å². The Kier molecular flexibility index (Phi) is 6.24. The number of rotatable bonds is 5. The van der Waals surface area contributed by atoms with Crippen molar-refractivity contribution in [2.24, 2.45) is 0 Å².